The van der Waals surface area contributed by atoms with E-state index in [1.807, 2.05) is 0 Å². The summed E-state index contributed by atoms with van der Waals surface area (Å²) in [5, 5.41) is 2.65. The first-order chi connectivity index (χ1) is 11.6. The first-order valence-electron chi connectivity index (χ1n) is 8.27. The number of aromatic nitrogens is 1. The lowest BCUT2D eigenvalue weighted by atomic mass is 9.83. The summed E-state index contributed by atoms with van der Waals surface area (Å²) in [7, 11) is 0. The molecule has 4 rings (SSSR count). The molecule has 8 nitrogen and oxygen atoms in total. The number of hydrogen-bond donors (Lipinski definition) is 2. The van der Waals surface area contributed by atoms with Crippen molar-refractivity contribution in [2.75, 3.05) is 23.4 Å². The highest BCUT2D eigenvalue weighted by Gasteiger charge is 2.39. The molecule has 1 aliphatic carbocycles. The van der Waals surface area contributed by atoms with Crippen molar-refractivity contribution >= 4 is 23.6 Å². The normalized spacial score (nSPS) is 29.5. The van der Waals surface area contributed by atoms with E-state index in [4.69, 9.17) is 15.2 Å². The lowest BCUT2D eigenvalue weighted by molar-refractivity contribution is -0.118. The van der Waals surface area contributed by atoms with Crippen molar-refractivity contribution in [3.8, 4) is 5.75 Å². The largest absolute Gasteiger partial charge is 0.480 e. The third-order valence-corrected chi connectivity index (χ3v) is 4.91. The number of fused-ring (bicyclic) bond motifs is 1. The van der Waals surface area contributed by atoms with Gasteiger partial charge in [-0.1, -0.05) is 0 Å². The number of carbonyl (C=O) groups excluding carboxylic acids is 2. The molecule has 1 saturated heterocycles. The number of rotatable bonds is 2. The number of ether oxygens (including phenoxy) is 2. The maximum absolute atomic E-state index is 12.2. The highest BCUT2D eigenvalue weighted by molar-refractivity contribution is 5.95. The van der Waals surface area contributed by atoms with Gasteiger partial charge in [0.2, 0.25) is 0 Å². The van der Waals surface area contributed by atoms with Crippen molar-refractivity contribution in [3.05, 3.63) is 12.1 Å². The molecule has 3 aliphatic rings. The molecule has 3 heterocycles. The number of cyclic esters (lactones) is 1. The zero-order chi connectivity index (χ0) is 16.7. The third kappa shape index (κ3) is 2.77. The number of nitrogens with one attached hydrogen (secondary N) is 1. The maximum Gasteiger partial charge on any atom is 0.415 e. The highest BCUT2D eigenvalue weighted by Crippen LogP contribution is 2.34. The molecule has 0 aromatic carbocycles. The number of pyridine rings is 1. The second-order valence-electron chi connectivity index (χ2n) is 6.56. The van der Waals surface area contributed by atoms with Gasteiger partial charge in [0, 0.05) is 6.04 Å². The maximum atomic E-state index is 12.2. The summed E-state index contributed by atoms with van der Waals surface area (Å²) in [6.45, 7) is 0.449. The van der Waals surface area contributed by atoms with Gasteiger partial charge in [-0.15, -0.1) is 0 Å². The smallest absolute Gasteiger partial charge is 0.415 e. The Morgan fingerprint density at radius 2 is 2.00 bits per heavy atom. The van der Waals surface area contributed by atoms with Crippen LogP contribution in [-0.4, -0.2) is 42.3 Å². The molecule has 1 unspecified atom stereocenters. The minimum Gasteiger partial charge on any atom is -0.480 e. The van der Waals surface area contributed by atoms with Gasteiger partial charge in [-0.3, -0.25) is 9.69 Å². The molecule has 1 aromatic heterocycles. The van der Waals surface area contributed by atoms with Gasteiger partial charge in [0.05, 0.1) is 6.54 Å². The van der Waals surface area contributed by atoms with Crippen molar-refractivity contribution < 1.29 is 19.1 Å². The van der Waals surface area contributed by atoms with Crippen molar-refractivity contribution in [2.45, 2.75) is 37.8 Å². The number of anilines is 2. The number of amides is 2. The van der Waals surface area contributed by atoms with E-state index in [9.17, 15) is 9.59 Å². The van der Waals surface area contributed by atoms with Gasteiger partial charge in [0.15, 0.2) is 18.2 Å². The van der Waals surface area contributed by atoms with Crippen LogP contribution in [0.25, 0.3) is 0 Å². The molecular weight excluding hydrogens is 312 g/mol. The summed E-state index contributed by atoms with van der Waals surface area (Å²) in [5.41, 5.74) is 5.94. The predicted octanol–water partition coefficient (Wildman–Crippen LogP) is 1.26. The lowest BCUT2D eigenvalue weighted by Gasteiger charge is -2.28. The molecular formula is C16H20N4O4. The molecule has 3 N–H and O–H groups in total. The van der Waals surface area contributed by atoms with Gasteiger partial charge in [-0.2, -0.15) is 0 Å². The number of hydrogen-bond acceptors (Lipinski definition) is 6. The fraction of sp³-hybridized carbons (Fsp3) is 0.562. The summed E-state index contributed by atoms with van der Waals surface area (Å²) in [4.78, 5) is 29.5. The number of carbonyl (C=O) groups is 2. The van der Waals surface area contributed by atoms with E-state index in [1.165, 1.54) is 4.90 Å². The molecule has 2 aliphatic heterocycles. The Balaban J connectivity index is 1.49. The van der Waals surface area contributed by atoms with Crippen LogP contribution in [0.4, 0.5) is 16.4 Å². The fourth-order valence-electron chi connectivity index (χ4n) is 3.54. The Morgan fingerprint density at radius 1 is 1.21 bits per heavy atom. The Kier molecular flexibility index (Phi) is 3.76. The molecule has 0 bridgehead atoms. The average molecular weight is 332 g/mol. The van der Waals surface area contributed by atoms with Gasteiger partial charge in [-0.25, -0.2) is 9.78 Å². The number of nitrogens with zero attached hydrogens (tertiary/aromatic N) is 2. The molecule has 2 fully saturated rings. The van der Waals surface area contributed by atoms with Crippen LogP contribution < -0.4 is 20.7 Å². The molecule has 1 saturated carbocycles. The van der Waals surface area contributed by atoms with Crippen LogP contribution >= 0.6 is 0 Å². The minimum absolute atomic E-state index is 0.0221. The van der Waals surface area contributed by atoms with Crippen molar-refractivity contribution in [1.29, 1.82) is 0 Å². The third-order valence-electron chi connectivity index (χ3n) is 4.91. The second kappa shape index (κ2) is 5.94. The summed E-state index contributed by atoms with van der Waals surface area (Å²) >= 11 is 0. The zero-order valence-electron chi connectivity index (χ0n) is 13.2. The van der Waals surface area contributed by atoms with E-state index in [-0.39, 0.29) is 24.7 Å². The van der Waals surface area contributed by atoms with Crippen LogP contribution in [0.3, 0.4) is 0 Å². The predicted molar refractivity (Wildman–Crippen MR) is 85.9 cm³/mol. The van der Waals surface area contributed by atoms with Crippen LogP contribution in [-0.2, 0) is 9.53 Å². The first kappa shape index (κ1) is 15.2. The summed E-state index contributed by atoms with van der Waals surface area (Å²) in [5.74, 6) is 1.39. The average Bonchev–Trinajstić information content (AvgIpc) is 2.96. The Morgan fingerprint density at radius 3 is 2.79 bits per heavy atom. The van der Waals surface area contributed by atoms with Crippen LogP contribution in [0.5, 0.6) is 5.75 Å². The van der Waals surface area contributed by atoms with Gasteiger partial charge >= 0.3 is 6.09 Å². The van der Waals surface area contributed by atoms with E-state index >= 15 is 0 Å². The quantitative estimate of drug-likeness (QED) is 0.844. The van der Waals surface area contributed by atoms with Crippen LogP contribution in [0.1, 0.15) is 25.7 Å². The molecule has 0 spiro atoms. The van der Waals surface area contributed by atoms with E-state index < -0.39 is 6.09 Å². The lowest BCUT2D eigenvalue weighted by Crippen LogP contribution is -2.34. The van der Waals surface area contributed by atoms with Crippen LogP contribution in [0, 0.1) is 5.92 Å². The Hall–Kier alpha value is -2.35. The van der Waals surface area contributed by atoms with Gasteiger partial charge in [0.25, 0.3) is 5.91 Å². The van der Waals surface area contributed by atoms with E-state index in [1.54, 1.807) is 12.1 Å². The van der Waals surface area contributed by atoms with E-state index in [0.29, 0.717) is 29.8 Å². The Bertz CT molecular complexity index is 672. The molecule has 128 valence electrons. The van der Waals surface area contributed by atoms with Crippen LogP contribution in [0.2, 0.25) is 0 Å². The fourth-order valence-corrected chi connectivity index (χ4v) is 3.54. The van der Waals surface area contributed by atoms with E-state index in [0.717, 1.165) is 25.7 Å². The van der Waals surface area contributed by atoms with Crippen LogP contribution in [0.15, 0.2) is 12.1 Å². The Labute approximate surface area is 139 Å². The molecule has 1 atom stereocenters. The summed E-state index contributed by atoms with van der Waals surface area (Å²) in [6.07, 6.45) is 3.38. The van der Waals surface area contributed by atoms with Gasteiger partial charge in [0.1, 0.15) is 11.9 Å². The SMILES string of the molecule is NC1CCC(C2CN(c3ccc4c(n3)NC(=O)CO4)C(=O)O2)CC1. The van der Waals surface area contributed by atoms with Crippen molar-refractivity contribution in [1.82, 2.24) is 4.98 Å². The zero-order valence-corrected chi connectivity index (χ0v) is 13.2. The van der Waals surface area contributed by atoms with E-state index in [2.05, 4.69) is 10.3 Å². The molecule has 24 heavy (non-hydrogen) atoms. The second-order valence-corrected chi connectivity index (χ2v) is 6.56. The summed E-state index contributed by atoms with van der Waals surface area (Å²) in [6, 6.07) is 3.68. The van der Waals surface area contributed by atoms with Gasteiger partial charge in [-0.05, 0) is 43.7 Å². The molecule has 1 aromatic rings. The minimum atomic E-state index is -0.398. The molecule has 0 radical (unpaired) electrons. The van der Waals surface area contributed by atoms with Crippen molar-refractivity contribution in [2.24, 2.45) is 11.7 Å². The number of nitrogens with two attached hydrogens (primary N) is 1. The molecule has 2 amide bonds. The standard InChI is InChI=1S/C16H20N4O4/c17-10-3-1-9(2-4-10)12-7-20(16(22)24-12)13-6-5-11-15(18-13)19-14(21)8-23-11/h5-6,9-10,12H,1-4,7-8,17H2,(H,18,19,21). The van der Waals surface area contributed by atoms with Crippen molar-refractivity contribution in [3.63, 3.8) is 0 Å². The summed E-state index contributed by atoms with van der Waals surface area (Å²) < 4.78 is 10.8. The van der Waals surface area contributed by atoms with Gasteiger partial charge < -0.3 is 20.5 Å². The topological polar surface area (TPSA) is 107 Å². The molecule has 8 heteroatoms. The highest BCUT2D eigenvalue weighted by atomic mass is 16.6. The monoisotopic (exact) mass is 332 g/mol. The first-order valence-corrected chi connectivity index (χ1v) is 8.27.